The van der Waals surface area contributed by atoms with Gasteiger partial charge in [-0.25, -0.2) is 0 Å². The van der Waals surface area contributed by atoms with E-state index in [9.17, 15) is 0 Å². The molecule has 3 unspecified atom stereocenters. The number of allylic oxidation sites excluding steroid dienone is 2. The largest absolute Gasteiger partial charge is 0.0882 e. The molecule has 2 bridgehead atoms. The average Bonchev–Trinajstić information content (AvgIpc) is 2.60. The van der Waals surface area contributed by atoms with Crippen molar-refractivity contribution in [2.75, 3.05) is 0 Å². The summed E-state index contributed by atoms with van der Waals surface area (Å²) < 4.78 is 0. The first-order valence-corrected chi connectivity index (χ1v) is 5.00. The number of hydrogen-bond donors (Lipinski definition) is 0. The maximum absolute atomic E-state index is 2.36. The summed E-state index contributed by atoms with van der Waals surface area (Å²) in [6.07, 6.45) is 8.22. The van der Waals surface area contributed by atoms with Crippen LogP contribution in [0.1, 0.15) is 39.5 Å². The van der Waals surface area contributed by atoms with E-state index in [1.165, 1.54) is 25.7 Å². The molecule has 3 atom stereocenters. The number of rotatable bonds is 1. The highest BCUT2D eigenvalue weighted by molar-refractivity contribution is 5.17. The van der Waals surface area contributed by atoms with Crippen LogP contribution in [0, 0.1) is 17.8 Å². The standard InChI is InChI=1S/C11H18/c1-3-8-5-11-7-10(8)6-9(11)4-2/h3,9-11H,4-7H2,1-2H3/b8-3+. The third kappa shape index (κ3) is 1.04. The van der Waals surface area contributed by atoms with E-state index < -0.39 is 0 Å². The quantitative estimate of drug-likeness (QED) is 0.503. The molecule has 11 heavy (non-hydrogen) atoms. The second kappa shape index (κ2) is 2.66. The molecule has 0 spiro atoms. The monoisotopic (exact) mass is 150 g/mol. The lowest BCUT2D eigenvalue weighted by Gasteiger charge is -2.21. The summed E-state index contributed by atoms with van der Waals surface area (Å²) in [5.41, 5.74) is 1.76. The zero-order valence-corrected chi connectivity index (χ0v) is 7.64. The van der Waals surface area contributed by atoms with Gasteiger partial charge in [0, 0.05) is 0 Å². The van der Waals surface area contributed by atoms with Gasteiger partial charge < -0.3 is 0 Å². The summed E-state index contributed by atoms with van der Waals surface area (Å²) in [6, 6.07) is 0. The predicted octanol–water partition coefficient (Wildman–Crippen LogP) is 3.39. The van der Waals surface area contributed by atoms with Crippen molar-refractivity contribution in [2.45, 2.75) is 39.5 Å². The van der Waals surface area contributed by atoms with E-state index in [4.69, 9.17) is 0 Å². The molecule has 0 heterocycles. The second-order valence-electron chi connectivity index (χ2n) is 4.16. The Hall–Kier alpha value is -0.260. The fourth-order valence-electron chi connectivity index (χ4n) is 3.09. The lowest BCUT2D eigenvalue weighted by Crippen LogP contribution is -2.10. The Labute approximate surface area is 69.7 Å². The molecule has 2 aliphatic rings. The highest BCUT2D eigenvalue weighted by Crippen LogP contribution is 2.52. The van der Waals surface area contributed by atoms with Crippen LogP contribution in [0.15, 0.2) is 11.6 Å². The molecule has 0 aromatic heterocycles. The van der Waals surface area contributed by atoms with Gasteiger partial charge >= 0.3 is 0 Å². The average molecular weight is 150 g/mol. The molecular weight excluding hydrogens is 132 g/mol. The fourth-order valence-corrected chi connectivity index (χ4v) is 3.09. The Bertz CT molecular complexity index is 178. The Balaban J connectivity index is 2.08. The molecule has 0 radical (unpaired) electrons. The molecule has 0 aromatic rings. The van der Waals surface area contributed by atoms with Gasteiger partial charge in [-0.2, -0.15) is 0 Å². The summed E-state index contributed by atoms with van der Waals surface area (Å²) >= 11 is 0. The maximum atomic E-state index is 2.36. The molecule has 0 saturated heterocycles. The van der Waals surface area contributed by atoms with Gasteiger partial charge in [-0.3, -0.25) is 0 Å². The van der Waals surface area contributed by atoms with Crippen LogP contribution in [0.2, 0.25) is 0 Å². The van der Waals surface area contributed by atoms with Crippen molar-refractivity contribution in [3.05, 3.63) is 11.6 Å². The van der Waals surface area contributed by atoms with E-state index >= 15 is 0 Å². The molecule has 0 N–H and O–H groups in total. The van der Waals surface area contributed by atoms with E-state index in [0.29, 0.717) is 0 Å². The molecule has 2 fully saturated rings. The zero-order chi connectivity index (χ0) is 7.84. The van der Waals surface area contributed by atoms with Gasteiger partial charge in [0.2, 0.25) is 0 Å². The zero-order valence-electron chi connectivity index (χ0n) is 7.64. The Kier molecular flexibility index (Phi) is 1.78. The summed E-state index contributed by atoms with van der Waals surface area (Å²) in [5, 5.41) is 0. The van der Waals surface area contributed by atoms with Crippen LogP contribution in [-0.4, -0.2) is 0 Å². The topological polar surface area (TPSA) is 0 Å². The molecule has 0 heteroatoms. The van der Waals surface area contributed by atoms with Crippen LogP contribution in [0.25, 0.3) is 0 Å². The summed E-state index contributed by atoms with van der Waals surface area (Å²) in [5.74, 6) is 3.13. The lowest BCUT2D eigenvalue weighted by atomic mass is 9.84. The second-order valence-corrected chi connectivity index (χ2v) is 4.16. The van der Waals surface area contributed by atoms with Crippen molar-refractivity contribution in [1.82, 2.24) is 0 Å². The highest BCUT2D eigenvalue weighted by Gasteiger charge is 2.40. The van der Waals surface area contributed by atoms with E-state index in [-0.39, 0.29) is 0 Å². The predicted molar refractivity (Wildman–Crippen MR) is 48.4 cm³/mol. The van der Waals surface area contributed by atoms with E-state index in [1.807, 2.05) is 0 Å². The maximum Gasteiger partial charge on any atom is -0.0198 e. The minimum atomic E-state index is 0.995. The van der Waals surface area contributed by atoms with E-state index in [2.05, 4.69) is 19.9 Å². The van der Waals surface area contributed by atoms with Crippen LogP contribution in [0.5, 0.6) is 0 Å². The van der Waals surface area contributed by atoms with Crippen molar-refractivity contribution in [3.63, 3.8) is 0 Å². The third-order valence-corrected chi connectivity index (χ3v) is 3.76. The van der Waals surface area contributed by atoms with E-state index in [1.54, 1.807) is 5.57 Å². The summed E-state index contributed by atoms with van der Waals surface area (Å²) in [7, 11) is 0. The molecule has 0 aliphatic heterocycles. The minimum Gasteiger partial charge on any atom is -0.0882 e. The van der Waals surface area contributed by atoms with Gasteiger partial charge in [0.25, 0.3) is 0 Å². The molecule has 0 nitrogen and oxygen atoms in total. The van der Waals surface area contributed by atoms with Gasteiger partial charge in [0.15, 0.2) is 0 Å². The lowest BCUT2D eigenvalue weighted by molar-refractivity contribution is 0.361. The van der Waals surface area contributed by atoms with Crippen molar-refractivity contribution in [1.29, 1.82) is 0 Å². The van der Waals surface area contributed by atoms with Crippen LogP contribution >= 0.6 is 0 Å². The highest BCUT2D eigenvalue weighted by atomic mass is 14.5. The van der Waals surface area contributed by atoms with Crippen LogP contribution in [0.3, 0.4) is 0 Å². The summed E-state index contributed by atoms with van der Waals surface area (Å²) in [6.45, 7) is 4.55. The van der Waals surface area contributed by atoms with Crippen molar-refractivity contribution < 1.29 is 0 Å². The Morgan fingerprint density at radius 3 is 2.73 bits per heavy atom. The minimum absolute atomic E-state index is 0.995. The Morgan fingerprint density at radius 2 is 2.27 bits per heavy atom. The molecule has 2 saturated carbocycles. The Morgan fingerprint density at radius 1 is 1.45 bits per heavy atom. The molecule has 2 rings (SSSR count). The smallest absolute Gasteiger partial charge is 0.0198 e. The van der Waals surface area contributed by atoms with Crippen LogP contribution < -0.4 is 0 Å². The van der Waals surface area contributed by atoms with Crippen molar-refractivity contribution in [2.24, 2.45) is 17.8 Å². The third-order valence-electron chi connectivity index (χ3n) is 3.76. The first kappa shape index (κ1) is 7.39. The number of hydrogen-bond acceptors (Lipinski definition) is 0. The van der Waals surface area contributed by atoms with Gasteiger partial charge in [0.1, 0.15) is 0 Å². The first-order valence-electron chi connectivity index (χ1n) is 5.00. The molecule has 62 valence electrons. The van der Waals surface area contributed by atoms with Gasteiger partial charge in [0.05, 0.1) is 0 Å². The van der Waals surface area contributed by atoms with Gasteiger partial charge in [-0.05, 0) is 43.9 Å². The van der Waals surface area contributed by atoms with Crippen molar-refractivity contribution in [3.8, 4) is 0 Å². The SMILES string of the molecule is C/C=C1\CC2CC1CC2CC. The van der Waals surface area contributed by atoms with Crippen LogP contribution in [0.4, 0.5) is 0 Å². The molecule has 2 aliphatic carbocycles. The normalized spacial score (nSPS) is 45.6. The summed E-state index contributed by atoms with van der Waals surface area (Å²) in [4.78, 5) is 0. The van der Waals surface area contributed by atoms with Gasteiger partial charge in [-0.15, -0.1) is 0 Å². The molecule has 0 amide bonds. The van der Waals surface area contributed by atoms with E-state index in [0.717, 1.165) is 17.8 Å². The first-order chi connectivity index (χ1) is 5.35. The fraction of sp³-hybridized carbons (Fsp3) is 0.818. The van der Waals surface area contributed by atoms with Crippen molar-refractivity contribution >= 4 is 0 Å². The number of fused-ring (bicyclic) bond motifs is 2. The molecule has 0 aromatic carbocycles. The molecular formula is C11H18. The van der Waals surface area contributed by atoms with Gasteiger partial charge in [-0.1, -0.05) is 25.0 Å². The van der Waals surface area contributed by atoms with Crippen LogP contribution in [-0.2, 0) is 0 Å².